The summed E-state index contributed by atoms with van der Waals surface area (Å²) >= 11 is 0. The molecule has 16 heavy (non-hydrogen) atoms. The van der Waals surface area contributed by atoms with Crippen molar-refractivity contribution in [1.29, 1.82) is 0 Å². The molecule has 0 N–H and O–H groups in total. The van der Waals surface area contributed by atoms with Crippen molar-refractivity contribution in [2.24, 2.45) is 0 Å². The Hall–Kier alpha value is -1.32. The molecule has 0 spiro atoms. The Morgan fingerprint density at radius 2 is 2.06 bits per heavy atom. The zero-order chi connectivity index (χ0) is 10.8. The highest BCUT2D eigenvalue weighted by molar-refractivity contribution is 5.13. The molecule has 84 valence electrons. The van der Waals surface area contributed by atoms with E-state index in [2.05, 4.69) is 12.1 Å². The molecule has 0 aromatic heterocycles. The van der Waals surface area contributed by atoms with Crippen LogP contribution >= 0.6 is 0 Å². The van der Waals surface area contributed by atoms with Gasteiger partial charge in [0.2, 0.25) is 0 Å². The molecular weight excluding hydrogens is 204 g/mol. The Morgan fingerprint density at radius 3 is 2.94 bits per heavy atom. The van der Waals surface area contributed by atoms with Crippen LogP contribution in [0.1, 0.15) is 5.56 Å². The van der Waals surface area contributed by atoms with Crippen LogP contribution in [0.15, 0.2) is 42.7 Å². The number of fused-ring (bicyclic) bond motifs is 1. The molecule has 1 aromatic carbocycles. The summed E-state index contributed by atoms with van der Waals surface area (Å²) in [5.41, 5.74) is 1.18. The molecular formula is C13H14O3. The van der Waals surface area contributed by atoms with Crippen LogP contribution in [0, 0.1) is 0 Å². The van der Waals surface area contributed by atoms with E-state index in [9.17, 15) is 0 Å². The molecule has 0 amide bonds. The maximum absolute atomic E-state index is 5.62. The molecule has 0 radical (unpaired) electrons. The van der Waals surface area contributed by atoms with Crippen molar-refractivity contribution < 1.29 is 14.2 Å². The maximum Gasteiger partial charge on any atom is 0.150 e. The molecule has 3 unspecified atom stereocenters. The molecule has 2 aliphatic heterocycles. The van der Waals surface area contributed by atoms with Crippen LogP contribution in [0.5, 0.6) is 0 Å². The van der Waals surface area contributed by atoms with E-state index >= 15 is 0 Å². The number of hydrogen-bond acceptors (Lipinski definition) is 3. The second kappa shape index (κ2) is 4.28. The van der Waals surface area contributed by atoms with Crippen LogP contribution in [-0.2, 0) is 20.8 Å². The Labute approximate surface area is 94.6 Å². The van der Waals surface area contributed by atoms with Gasteiger partial charge in [-0.3, -0.25) is 0 Å². The topological polar surface area (TPSA) is 31.0 Å². The number of hydrogen-bond donors (Lipinski definition) is 0. The molecule has 0 saturated carbocycles. The third kappa shape index (κ3) is 2.10. The second-order valence-electron chi connectivity index (χ2n) is 4.07. The van der Waals surface area contributed by atoms with Crippen molar-refractivity contribution >= 4 is 0 Å². The van der Waals surface area contributed by atoms with Gasteiger partial charge in [-0.1, -0.05) is 30.3 Å². The lowest BCUT2D eigenvalue weighted by Gasteiger charge is -2.16. The number of benzene rings is 1. The van der Waals surface area contributed by atoms with Crippen LogP contribution in [0.3, 0.4) is 0 Å². The smallest absolute Gasteiger partial charge is 0.150 e. The van der Waals surface area contributed by atoms with E-state index in [1.807, 2.05) is 24.3 Å². The lowest BCUT2D eigenvalue weighted by Crippen LogP contribution is -2.27. The molecule has 3 nitrogen and oxygen atoms in total. The summed E-state index contributed by atoms with van der Waals surface area (Å²) in [6.45, 7) is 1.21. The normalized spacial score (nSPS) is 30.6. The Bertz CT molecular complexity index is 374. The highest BCUT2D eigenvalue weighted by Crippen LogP contribution is 2.32. The minimum Gasteiger partial charge on any atom is -0.493 e. The van der Waals surface area contributed by atoms with E-state index in [0.717, 1.165) is 0 Å². The van der Waals surface area contributed by atoms with Gasteiger partial charge in [-0.2, -0.15) is 0 Å². The van der Waals surface area contributed by atoms with Gasteiger partial charge in [0.25, 0.3) is 0 Å². The fourth-order valence-corrected chi connectivity index (χ4v) is 1.89. The molecule has 2 heterocycles. The van der Waals surface area contributed by atoms with E-state index < -0.39 is 0 Å². The third-order valence-corrected chi connectivity index (χ3v) is 2.84. The standard InChI is InChI=1S/C13H14O3/c1-2-4-10(5-3-1)8-14-9-12-13-11(16-13)6-7-15-12/h1-7,11-13H,8-9H2. The first-order chi connectivity index (χ1) is 7.93. The minimum absolute atomic E-state index is 0.0544. The average Bonchev–Trinajstić information content (AvgIpc) is 3.10. The first-order valence-corrected chi connectivity index (χ1v) is 5.53. The van der Waals surface area contributed by atoms with E-state index in [4.69, 9.17) is 14.2 Å². The van der Waals surface area contributed by atoms with Crippen molar-refractivity contribution in [3.05, 3.63) is 48.2 Å². The fourth-order valence-electron chi connectivity index (χ4n) is 1.89. The van der Waals surface area contributed by atoms with Crippen molar-refractivity contribution in [1.82, 2.24) is 0 Å². The zero-order valence-electron chi connectivity index (χ0n) is 8.91. The zero-order valence-corrected chi connectivity index (χ0v) is 8.91. The highest BCUT2D eigenvalue weighted by Gasteiger charge is 2.46. The summed E-state index contributed by atoms with van der Waals surface area (Å²) in [6, 6.07) is 10.1. The van der Waals surface area contributed by atoms with Crippen molar-refractivity contribution in [2.45, 2.75) is 24.9 Å². The summed E-state index contributed by atoms with van der Waals surface area (Å²) in [6.07, 6.45) is 4.18. The van der Waals surface area contributed by atoms with Crippen LogP contribution < -0.4 is 0 Å². The van der Waals surface area contributed by atoms with Gasteiger partial charge in [-0.05, 0) is 11.6 Å². The van der Waals surface area contributed by atoms with Crippen LogP contribution in [-0.4, -0.2) is 24.9 Å². The molecule has 2 aliphatic rings. The summed E-state index contributed by atoms with van der Waals surface area (Å²) < 4.78 is 16.5. The van der Waals surface area contributed by atoms with Crippen LogP contribution in [0.25, 0.3) is 0 Å². The van der Waals surface area contributed by atoms with E-state index in [1.54, 1.807) is 6.26 Å². The molecule has 1 aromatic rings. The van der Waals surface area contributed by atoms with Crippen LogP contribution in [0.4, 0.5) is 0 Å². The SMILES string of the molecule is C1=CC2OC2C(COCc2ccccc2)O1. The van der Waals surface area contributed by atoms with Gasteiger partial charge in [0.15, 0.2) is 0 Å². The van der Waals surface area contributed by atoms with Crippen molar-refractivity contribution in [3.8, 4) is 0 Å². The third-order valence-electron chi connectivity index (χ3n) is 2.84. The lowest BCUT2D eigenvalue weighted by atomic mass is 10.2. The number of ether oxygens (including phenoxy) is 3. The second-order valence-corrected chi connectivity index (χ2v) is 4.07. The predicted molar refractivity (Wildman–Crippen MR) is 58.8 cm³/mol. The lowest BCUT2D eigenvalue weighted by molar-refractivity contribution is 0.00516. The molecule has 3 atom stereocenters. The molecule has 1 fully saturated rings. The number of epoxide rings is 1. The number of rotatable bonds is 4. The van der Waals surface area contributed by atoms with Gasteiger partial charge in [-0.15, -0.1) is 0 Å². The summed E-state index contributed by atoms with van der Waals surface area (Å²) in [7, 11) is 0. The first-order valence-electron chi connectivity index (χ1n) is 5.53. The maximum atomic E-state index is 5.62. The van der Waals surface area contributed by atoms with Gasteiger partial charge >= 0.3 is 0 Å². The average molecular weight is 218 g/mol. The fraction of sp³-hybridized carbons (Fsp3) is 0.385. The van der Waals surface area contributed by atoms with Gasteiger partial charge in [0.1, 0.15) is 18.3 Å². The summed E-state index contributed by atoms with van der Waals surface area (Å²) in [5.74, 6) is 0. The van der Waals surface area contributed by atoms with Gasteiger partial charge in [0, 0.05) is 0 Å². The van der Waals surface area contributed by atoms with Crippen LogP contribution in [0.2, 0.25) is 0 Å². The largest absolute Gasteiger partial charge is 0.493 e. The summed E-state index contributed by atoms with van der Waals surface area (Å²) in [4.78, 5) is 0. The first kappa shape index (κ1) is 9.87. The molecule has 0 bridgehead atoms. The minimum atomic E-state index is 0.0544. The molecule has 3 rings (SSSR count). The molecule has 1 saturated heterocycles. The van der Waals surface area contributed by atoms with E-state index in [0.29, 0.717) is 13.2 Å². The quantitative estimate of drug-likeness (QED) is 0.723. The summed E-state index contributed by atoms with van der Waals surface area (Å²) in [5, 5.41) is 0. The Morgan fingerprint density at radius 1 is 1.19 bits per heavy atom. The van der Waals surface area contributed by atoms with E-state index in [-0.39, 0.29) is 18.3 Å². The van der Waals surface area contributed by atoms with Gasteiger partial charge in [-0.25, -0.2) is 0 Å². The Balaban J connectivity index is 1.45. The highest BCUT2D eigenvalue weighted by atomic mass is 16.6. The Kier molecular flexibility index (Phi) is 2.64. The van der Waals surface area contributed by atoms with Gasteiger partial charge < -0.3 is 14.2 Å². The molecule has 0 aliphatic carbocycles. The van der Waals surface area contributed by atoms with E-state index in [1.165, 1.54) is 5.56 Å². The molecule has 3 heteroatoms. The predicted octanol–water partition coefficient (Wildman–Crippen LogP) is 1.88. The van der Waals surface area contributed by atoms with Crippen molar-refractivity contribution in [3.63, 3.8) is 0 Å². The monoisotopic (exact) mass is 218 g/mol. The van der Waals surface area contributed by atoms with Gasteiger partial charge in [0.05, 0.1) is 19.5 Å². The van der Waals surface area contributed by atoms with Crippen molar-refractivity contribution in [2.75, 3.05) is 6.61 Å².